The van der Waals surface area contributed by atoms with E-state index < -0.39 is 0 Å². The van der Waals surface area contributed by atoms with Crippen LogP contribution in [0.1, 0.15) is 18.3 Å². The number of aryl methyl sites for hydroxylation is 2. The quantitative estimate of drug-likeness (QED) is 0.709. The van der Waals surface area contributed by atoms with Crippen LogP contribution in [0.15, 0.2) is 12.4 Å². The first-order valence-corrected chi connectivity index (χ1v) is 4.31. The summed E-state index contributed by atoms with van der Waals surface area (Å²) in [6.45, 7) is 3.96. The maximum atomic E-state index is 5.83. The Balaban J connectivity index is 2.75. The summed E-state index contributed by atoms with van der Waals surface area (Å²) in [7, 11) is 0. The molecule has 2 aromatic rings. The van der Waals surface area contributed by atoms with Gasteiger partial charge in [0.05, 0.1) is 17.6 Å². The predicted molar refractivity (Wildman–Crippen MR) is 51.5 cm³/mol. The summed E-state index contributed by atoms with van der Waals surface area (Å²) in [4.78, 5) is 8.50. The summed E-state index contributed by atoms with van der Waals surface area (Å²) >= 11 is 0. The third kappa shape index (κ3) is 1.14. The Morgan fingerprint density at radius 2 is 2.31 bits per heavy atom. The minimum Gasteiger partial charge on any atom is -0.383 e. The zero-order valence-corrected chi connectivity index (χ0v) is 7.78. The summed E-state index contributed by atoms with van der Waals surface area (Å²) < 4.78 is 1.88. The van der Waals surface area contributed by atoms with E-state index >= 15 is 0 Å². The van der Waals surface area contributed by atoms with E-state index in [2.05, 4.69) is 16.9 Å². The molecule has 2 rings (SSSR count). The second-order valence-electron chi connectivity index (χ2n) is 3.04. The van der Waals surface area contributed by atoms with Crippen LogP contribution in [0, 0.1) is 6.92 Å². The number of hydrogen-bond acceptors (Lipinski definition) is 3. The maximum absolute atomic E-state index is 5.83. The molecular weight excluding hydrogens is 164 g/mol. The van der Waals surface area contributed by atoms with Crippen molar-refractivity contribution in [2.45, 2.75) is 20.3 Å². The van der Waals surface area contributed by atoms with E-state index in [1.807, 2.05) is 17.5 Å². The van der Waals surface area contributed by atoms with Crippen molar-refractivity contribution in [1.82, 2.24) is 14.4 Å². The Bertz CT molecular complexity index is 444. The molecule has 2 heterocycles. The van der Waals surface area contributed by atoms with Gasteiger partial charge >= 0.3 is 0 Å². The van der Waals surface area contributed by atoms with Gasteiger partial charge in [-0.3, -0.25) is 9.38 Å². The summed E-state index contributed by atoms with van der Waals surface area (Å²) in [6, 6.07) is 0. The van der Waals surface area contributed by atoms with Gasteiger partial charge in [0.25, 0.3) is 0 Å². The molecular formula is C9H12N4. The fourth-order valence-electron chi connectivity index (χ4n) is 1.31. The summed E-state index contributed by atoms with van der Waals surface area (Å²) in [6.07, 6.45) is 4.60. The van der Waals surface area contributed by atoms with Crippen molar-refractivity contribution in [3.8, 4) is 0 Å². The molecule has 0 amide bonds. The van der Waals surface area contributed by atoms with Gasteiger partial charge in [-0.15, -0.1) is 0 Å². The van der Waals surface area contributed by atoms with Crippen LogP contribution in [-0.4, -0.2) is 14.4 Å². The van der Waals surface area contributed by atoms with Gasteiger partial charge in [-0.25, -0.2) is 4.98 Å². The predicted octanol–water partition coefficient (Wildman–Crippen LogP) is 1.18. The third-order valence-electron chi connectivity index (χ3n) is 2.15. The van der Waals surface area contributed by atoms with Crippen LogP contribution in [0.25, 0.3) is 5.65 Å². The molecule has 13 heavy (non-hydrogen) atoms. The molecule has 0 spiro atoms. The van der Waals surface area contributed by atoms with Crippen molar-refractivity contribution in [1.29, 1.82) is 0 Å². The van der Waals surface area contributed by atoms with Gasteiger partial charge < -0.3 is 5.73 Å². The first-order valence-electron chi connectivity index (χ1n) is 4.31. The molecule has 2 N–H and O–H groups in total. The van der Waals surface area contributed by atoms with Crippen molar-refractivity contribution in [2.24, 2.45) is 0 Å². The zero-order chi connectivity index (χ0) is 9.42. The SMILES string of the molecule is CCc1cn2c(N)c(C)nc2cn1. The molecule has 0 saturated carbocycles. The smallest absolute Gasteiger partial charge is 0.157 e. The van der Waals surface area contributed by atoms with Crippen LogP contribution in [0.5, 0.6) is 0 Å². The molecule has 4 nitrogen and oxygen atoms in total. The van der Waals surface area contributed by atoms with Gasteiger partial charge in [-0.2, -0.15) is 0 Å². The highest BCUT2D eigenvalue weighted by Gasteiger charge is 2.04. The van der Waals surface area contributed by atoms with Gasteiger partial charge in [0, 0.05) is 6.20 Å². The highest BCUT2D eigenvalue weighted by Crippen LogP contribution is 2.13. The average Bonchev–Trinajstić information content (AvgIpc) is 2.43. The van der Waals surface area contributed by atoms with E-state index in [1.165, 1.54) is 0 Å². The van der Waals surface area contributed by atoms with Gasteiger partial charge in [0.2, 0.25) is 0 Å². The Kier molecular flexibility index (Phi) is 1.69. The average molecular weight is 176 g/mol. The van der Waals surface area contributed by atoms with Crippen LogP contribution in [0.2, 0.25) is 0 Å². The van der Waals surface area contributed by atoms with Crippen LogP contribution in [0.4, 0.5) is 5.82 Å². The summed E-state index contributed by atoms with van der Waals surface area (Å²) in [5.74, 6) is 0.701. The van der Waals surface area contributed by atoms with Gasteiger partial charge in [-0.1, -0.05) is 6.92 Å². The minimum absolute atomic E-state index is 0.701. The number of hydrogen-bond donors (Lipinski definition) is 1. The lowest BCUT2D eigenvalue weighted by Crippen LogP contribution is -1.97. The molecule has 2 aromatic heterocycles. The molecule has 68 valence electrons. The molecule has 0 atom stereocenters. The van der Waals surface area contributed by atoms with Crippen LogP contribution in [0.3, 0.4) is 0 Å². The van der Waals surface area contributed by atoms with E-state index in [0.717, 1.165) is 23.5 Å². The molecule has 0 aliphatic heterocycles. The van der Waals surface area contributed by atoms with E-state index in [4.69, 9.17) is 5.73 Å². The highest BCUT2D eigenvalue weighted by atomic mass is 15.1. The van der Waals surface area contributed by atoms with Gasteiger partial charge in [0.1, 0.15) is 5.82 Å². The van der Waals surface area contributed by atoms with E-state index in [1.54, 1.807) is 6.20 Å². The largest absolute Gasteiger partial charge is 0.383 e. The number of anilines is 1. The Labute approximate surface area is 76.4 Å². The Morgan fingerprint density at radius 3 is 3.00 bits per heavy atom. The first-order chi connectivity index (χ1) is 6.22. The number of nitrogens with two attached hydrogens (primary N) is 1. The minimum atomic E-state index is 0.701. The zero-order valence-electron chi connectivity index (χ0n) is 7.78. The summed E-state index contributed by atoms with van der Waals surface area (Å²) in [5, 5.41) is 0. The third-order valence-corrected chi connectivity index (χ3v) is 2.15. The Hall–Kier alpha value is -1.58. The van der Waals surface area contributed by atoms with Crippen LogP contribution in [-0.2, 0) is 6.42 Å². The van der Waals surface area contributed by atoms with Crippen LogP contribution >= 0.6 is 0 Å². The lowest BCUT2D eigenvalue weighted by molar-refractivity contribution is 0.984. The maximum Gasteiger partial charge on any atom is 0.157 e. The number of nitrogens with zero attached hydrogens (tertiary/aromatic N) is 3. The molecule has 0 unspecified atom stereocenters. The number of nitrogen functional groups attached to an aromatic ring is 1. The molecule has 0 bridgehead atoms. The highest BCUT2D eigenvalue weighted by molar-refractivity contribution is 5.50. The number of imidazole rings is 1. The molecule has 0 aliphatic carbocycles. The molecule has 0 aromatic carbocycles. The molecule has 0 aliphatic rings. The molecule has 0 radical (unpaired) electrons. The fourth-order valence-corrected chi connectivity index (χ4v) is 1.31. The summed E-state index contributed by atoms with van der Waals surface area (Å²) in [5.41, 5.74) is 8.53. The van der Waals surface area contributed by atoms with Crippen molar-refractivity contribution in [3.05, 3.63) is 23.8 Å². The van der Waals surface area contributed by atoms with Crippen LogP contribution < -0.4 is 5.73 Å². The standard InChI is InChI=1S/C9H12N4/c1-3-7-5-13-8(4-11-7)12-6(2)9(13)10/h4-5H,3,10H2,1-2H3. The molecule has 0 fully saturated rings. The number of rotatable bonds is 1. The van der Waals surface area contributed by atoms with E-state index in [-0.39, 0.29) is 0 Å². The molecule has 0 saturated heterocycles. The topological polar surface area (TPSA) is 56.2 Å². The second kappa shape index (κ2) is 2.73. The normalized spacial score (nSPS) is 10.9. The lowest BCUT2D eigenvalue weighted by atomic mass is 10.3. The van der Waals surface area contributed by atoms with Crippen molar-refractivity contribution < 1.29 is 0 Å². The first kappa shape index (κ1) is 8.04. The van der Waals surface area contributed by atoms with Gasteiger partial charge in [0.15, 0.2) is 5.65 Å². The fraction of sp³-hybridized carbons (Fsp3) is 0.333. The van der Waals surface area contributed by atoms with Crippen molar-refractivity contribution in [3.63, 3.8) is 0 Å². The number of fused-ring (bicyclic) bond motifs is 1. The van der Waals surface area contributed by atoms with Crippen molar-refractivity contribution in [2.75, 3.05) is 5.73 Å². The lowest BCUT2D eigenvalue weighted by Gasteiger charge is -1.98. The van der Waals surface area contributed by atoms with Gasteiger partial charge in [-0.05, 0) is 13.3 Å². The van der Waals surface area contributed by atoms with E-state index in [9.17, 15) is 0 Å². The monoisotopic (exact) mass is 176 g/mol. The van der Waals surface area contributed by atoms with E-state index in [0.29, 0.717) is 5.82 Å². The number of aromatic nitrogens is 3. The van der Waals surface area contributed by atoms with Crippen molar-refractivity contribution >= 4 is 11.5 Å². The molecule has 4 heteroatoms. The Morgan fingerprint density at radius 1 is 1.54 bits per heavy atom. The second-order valence-corrected chi connectivity index (χ2v) is 3.04.